The van der Waals surface area contributed by atoms with E-state index in [1.807, 2.05) is 49.4 Å². The van der Waals surface area contributed by atoms with Gasteiger partial charge in [0.25, 0.3) is 5.91 Å². The van der Waals surface area contributed by atoms with Crippen LogP contribution in [0.1, 0.15) is 11.1 Å². The normalized spacial score (nSPS) is 10.2. The van der Waals surface area contributed by atoms with Gasteiger partial charge in [0.15, 0.2) is 6.61 Å². The Morgan fingerprint density at radius 2 is 1.90 bits per heavy atom. The summed E-state index contributed by atoms with van der Waals surface area (Å²) in [6.07, 6.45) is 0. The second kappa shape index (κ2) is 7.61. The van der Waals surface area contributed by atoms with E-state index in [4.69, 9.17) is 4.74 Å². The molecule has 0 heterocycles. The van der Waals surface area contributed by atoms with Gasteiger partial charge in [0.05, 0.1) is 4.47 Å². The Morgan fingerprint density at radius 3 is 2.57 bits per heavy atom. The second-order valence-corrected chi connectivity index (χ2v) is 6.35. The molecule has 0 aliphatic heterocycles. The van der Waals surface area contributed by atoms with Crippen LogP contribution in [-0.4, -0.2) is 12.5 Å². The number of nitrogens with one attached hydrogen (secondary N) is 1. The molecule has 0 aromatic heterocycles. The molecule has 3 nitrogen and oxygen atoms in total. The average molecular weight is 413 g/mol. The first-order valence-electron chi connectivity index (χ1n) is 6.45. The van der Waals surface area contributed by atoms with Crippen LogP contribution in [0.15, 0.2) is 51.4 Å². The molecule has 0 atom stereocenters. The lowest BCUT2D eigenvalue weighted by molar-refractivity contribution is -0.123. The van der Waals surface area contributed by atoms with Gasteiger partial charge in [0, 0.05) is 11.0 Å². The van der Waals surface area contributed by atoms with Gasteiger partial charge >= 0.3 is 0 Å². The number of halogens is 2. The molecular formula is C16H15Br2NO2. The van der Waals surface area contributed by atoms with Crippen LogP contribution in [0.5, 0.6) is 5.75 Å². The summed E-state index contributed by atoms with van der Waals surface area (Å²) in [5.74, 6) is 0.543. The van der Waals surface area contributed by atoms with Gasteiger partial charge in [-0.3, -0.25) is 4.79 Å². The van der Waals surface area contributed by atoms with Crippen molar-refractivity contribution in [3.63, 3.8) is 0 Å². The first-order valence-corrected chi connectivity index (χ1v) is 8.04. The first-order chi connectivity index (χ1) is 10.1. The van der Waals surface area contributed by atoms with Crippen molar-refractivity contribution < 1.29 is 9.53 Å². The third-order valence-corrected chi connectivity index (χ3v) is 3.92. The summed E-state index contributed by atoms with van der Waals surface area (Å²) in [6, 6.07) is 13.6. The molecule has 0 saturated heterocycles. The van der Waals surface area contributed by atoms with Gasteiger partial charge in [-0.05, 0) is 46.1 Å². The van der Waals surface area contributed by atoms with Crippen LogP contribution in [0.2, 0.25) is 0 Å². The van der Waals surface area contributed by atoms with E-state index in [1.54, 1.807) is 0 Å². The minimum Gasteiger partial charge on any atom is -0.482 e. The Bertz CT molecular complexity index is 606. The number of hydrogen-bond donors (Lipinski definition) is 1. The van der Waals surface area contributed by atoms with E-state index in [2.05, 4.69) is 37.2 Å². The highest BCUT2D eigenvalue weighted by molar-refractivity contribution is 9.11. The molecular weight excluding hydrogens is 398 g/mol. The predicted molar refractivity (Wildman–Crippen MR) is 90.4 cm³/mol. The van der Waals surface area contributed by atoms with Crippen molar-refractivity contribution in [3.05, 3.63) is 62.5 Å². The lowest BCUT2D eigenvalue weighted by atomic mass is 10.2. The van der Waals surface area contributed by atoms with E-state index in [1.165, 1.54) is 0 Å². The zero-order chi connectivity index (χ0) is 15.2. The number of hydrogen-bond acceptors (Lipinski definition) is 2. The zero-order valence-corrected chi connectivity index (χ0v) is 14.7. The Morgan fingerprint density at radius 1 is 1.19 bits per heavy atom. The van der Waals surface area contributed by atoms with E-state index in [9.17, 15) is 4.79 Å². The number of amides is 1. The Labute approximate surface area is 141 Å². The summed E-state index contributed by atoms with van der Waals surface area (Å²) in [5, 5.41) is 2.83. The number of carbonyl (C=O) groups is 1. The van der Waals surface area contributed by atoms with Crippen LogP contribution >= 0.6 is 31.9 Å². The number of carbonyl (C=O) groups excluding carboxylic acids is 1. The summed E-state index contributed by atoms with van der Waals surface area (Å²) in [7, 11) is 0. The minimum absolute atomic E-state index is 0.00605. The maximum Gasteiger partial charge on any atom is 0.258 e. The summed E-state index contributed by atoms with van der Waals surface area (Å²) in [5.41, 5.74) is 2.03. The molecule has 2 rings (SSSR count). The molecule has 0 fully saturated rings. The third-order valence-electron chi connectivity index (χ3n) is 2.87. The molecule has 21 heavy (non-hydrogen) atoms. The van der Waals surface area contributed by atoms with Crippen LogP contribution < -0.4 is 10.1 Å². The summed E-state index contributed by atoms with van der Waals surface area (Å²) < 4.78 is 7.38. The van der Waals surface area contributed by atoms with Crippen LogP contribution in [0, 0.1) is 6.92 Å². The maximum atomic E-state index is 11.8. The fourth-order valence-electron chi connectivity index (χ4n) is 1.86. The van der Waals surface area contributed by atoms with E-state index in [0.29, 0.717) is 12.3 Å². The predicted octanol–water partition coefficient (Wildman–Crippen LogP) is 4.22. The topological polar surface area (TPSA) is 38.3 Å². The van der Waals surface area contributed by atoms with E-state index >= 15 is 0 Å². The summed E-state index contributed by atoms with van der Waals surface area (Å²) in [6.45, 7) is 2.43. The second-order valence-electron chi connectivity index (χ2n) is 4.58. The van der Waals surface area contributed by atoms with Crippen LogP contribution in [0.4, 0.5) is 0 Å². The molecule has 0 radical (unpaired) electrons. The molecule has 0 saturated carbocycles. The largest absolute Gasteiger partial charge is 0.482 e. The van der Waals surface area contributed by atoms with Gasteiger partial charge in [-0.1, -0.05) is 46.3 Å². The molecule has 0 spiro atoms. The number of benzene rings is 2. The third kappa shape index (κ3) is 4.86. The van der Waals surface area contributed by atoms with Crippen molar-refractivity contribution in [2.45, 2.75) is 13.5 Å². The zero-order valence-electron chi connectivity index (χ0n) is 11.5. The fourth-order valence-corrected chi connectivity index (χ4v) is 3.41. The Kier molecular flexibility index (Phi) is 5.82. The molecule has 2 aromatic rings. The molecule has 2 aromatic carbocycles. The van der Waals surface area contributed by atoms with Gasteiger partial charge < -0.3 is 10.1 Å². The Hall–Kier alpha value is -1.33. The highest BCUT2D eigenvalue weighted by Crippen LogP contribution is 2.32. The van der Waals surface area contributed by atoms with E-state index < -0.39 is 0 Å². The highest BCUT2D eigenvalue weighted by Gasteiger charge is 2.09. The molecule has 0 unspecified atom stereocenters. The molecule has 1 N–H and O–H groups in total. The van der Waals surface area contributed by atoms with Gasteiger partial charge in [-0.25, -0.2) is 0 Å². The standard InChI is InChI=1S/C16H15Br2NO2/c1-11-7-13(17)8-14(18)16(11)21-10-15(20)19-9-12-5-3-2-4-6-12/h2-8H,9-10H2,1H3,(H,19,20). The number of ether oxygens (including phenoxy) is 1. The quantitative estimate of drug-likeness (QED) is 0.798. The minimum atomic E-state index is -0.145. The lowest BCUT2D eigenvalue weighted by Crippen LogP contribution is -2.28. The number of aryl methyl sites for hydroxylation is 1. The summed E-state index contributed by atoms with van der Waals surface area (Å²) in [4.78, 5) is 11.8. The lowest BCUT2D eigenvalue weighted by Gasteiger charge is -2.12. The van der Waals surface area contributed by atoms with Gasteiger partial charge in [0.2, 0.25) is 0 Å². The van der Waals surface area contributed by atoms with Crippen molar-refractivity contribution in [1.29, 1.82) is 0 Å². The van der Waals surface area contributed by atoms with Crippen LogP contribution in [0.25, 0.3) is 0 Å². The van der Waals surface area contributed by atoms with Crippen molar-refractivity contribution in [3.8, 4) is 5.75 Å². The van der Waals surface area contributed by atoms with E-state index in [-0.39, 0.29) is 12.5 Å². The monoisotopic (exact) mass is 411 g/mol. The maximum absolute atomic E-state index is 11.8. The SMILES string of the molecule is Cc1cc(Br)cc(Br)c1OCC(=O)NCc1ccccc1. The van der Waals surface area contributed by atoms with Crippen molar-refractivity contribution in [2.75, 3.05) is 6.61 Å². The van der Waals surface area contributed by atoms with Gasteiger partial charge in [0.1, 0.15) is 5.75 Å². The van der Waals surface area contributed by atoms with Gasteiger partial charge in [-0.15, -0.1) is 0 Å². The van der Waals surface area contributed by atoms with Crippen LogP contribution in [0.3, 0.4) is 0 Å². The first kappa shape index (κ1) is 16.0. The molecule has 1 amide bonds. The van der Waals surface area contributed by atoms with Crippen LogP contribution in [-0.2, 0) is 11.3 Å². The molecule has 5 heteroatoms. The smallest absolute Gasteiger partial charge is 0.258 e. The molecule has 0 bridgehead atoms. The molecule has 0 aliphatic rings. The van der Waals surface area contributed by atoms with Gasteiger partial charge in [-0.2, -0.15) is 0 Å². The fraction of sp³-hybridized carbons (Fsp3) is 0.188. The average Bonchev–Trinajstić information content (AvgIpc) is 2.45. The van der Waals surface area contributed by atoms with Crippen molar-refractivity contribution >= 4 is 37.8 Å². The summed E-state index contributed by atoms with van der Waals surface area (Å²) >= 11 is 6.85. The van der Waals surface area contributed by atoms with Crippen molar-refractivity contribution in [2.24, 2.45) is 0 Å². The molecule has 110 valence electrons. The highest BCUT2D eigenvalue weighted by atomic mass is 79.9. The molecule has 0 aliphatic carbocycles. The Balaban J connectivity index is 1.87. The van der Waals surface area contributed by atoms with E-state index in [0.717, 1.165) is 20.1 Å². The van der Waals surface area contributed by atoms with Crippen molar-refractivity contribution in [1.82, 2.24) is 5.32 Å². The number of rotatable bonds is 5.